The van der Waals surface area contributed by atoms with Gasteiger partial charge in [-0.2, -0.15) is 0 Å². The molecular weight excluding hydrogens is 452 g/mol. The van der Waals surface area contributed by atoms with E-state index in [1.54, 1.807) is 27.7 Å². The monoisotopic (exact) mass is 488 g/mol. The maximum absolute atomic E-state index is 12.9. The third kappa shape index (κ3) is 11.6. The van der Waals surface area contributed by atoms with Crippen LogP contribution in [0.1, 0.15) is 59.8 Å². The average molecular weight is 489 g/mol. The lowest BCUT2D eigenvalue weighted by Gasteiger charge is -2.27. The minimum absolute atomic E-state index is 0.0974. The third-order valence-corrected chi connectivity index (χ3v) is 5.13. The molecule has 0 rings (SSSR count). The molecule has 0 fully saturated rings. The molecule has 0 aliphatic carbocycles. The summed E-state index contributed by atoms with van der Waals surface area (Å²) >= 11 is 0. The molecule has 0 aliphatic heterocycles. The van der Waals surface area contributed by atoms with Gasteiger partial charge < -0.3 is 37.0 Å². The van der Waals surface area contributed by atoms with E-state index in [9.17, 15) is 33.9 Å². The maximum atomic E-state index is 12.9. The van der Waals surface area contributed by atoms with E-state index in [1.165, 1.54) is 0 Å². The second-order valence-electron chi connectivity index (χ2n) is 8.60. The molecule has 0 aromatic rings. The fourth-order valence-electron chi connectivity index (χ4n) is 3.01. The van der Waals surface area contributed by atoms with E-state index >= 15 is 0 Å². The zero-order valence-electron chi connectivity index (χ0n) is 19.9. The number of rotatable bonds is 16. The summed E-state index contributed by atoms with van der Waals surface area (Å²) in [6, 6.07) is -5.22. The number of nitrogens with two attached hydrogens (primary N) is 1. The summed E-state index contributed by atoms with van der Waals surface area (Å²) in [5.74, 6) is -6.89. The predicted molar refractivity (Wildman–Crippen MR) is 119 cm³/mol. The smallest absolute Gasteiger partial charge is 0.326 e. The topological polar surface area (TPSA) is 225 Å². The van der Waals surface area contributed by atoms with Crippen LogP contribution in [-0.2, 0) is 28.8 Å². The van der Waals surface area contributed by atoms with E-state index in [0.29, 0.717) is 6.42 Å². The van der Waals surface area contributed by atoms with E-state index in [2.05, 4.69) is 16.0 Å². The molecule has 0 saturated heterocycles. The van der Waals surface area contributed by atoms with Crippen molar-refractivity contribution in [3.63, 3.8) is 0 Å². The number of hydrogen-bond acceptors (Lipinski definition) is 7. The number of carboxylic acids is 3. The zero-order valence-corrected chi connectivity index (χ0v) is 19.9. The van der Waals surface area contributed by atoms with E-state index in [0.717, 1.165) is 0 Å². The fraction of sp³-hybridized carbons (Fsp3) is 0.714. The lowest BCUT2D eigenvalue weighted by Crippen LogP contribution is -2.58. The third-order valence-electron chi connectivity index (χ3n) is 5.13. The van der Waals surface area contributed by atoms with Crippen LogP contribution in [0.25, 0.3) is 0 Å². The van der Waals surface area contributed by atoms with Gasteiger partial charge in [0.05, 0.1) is 12.5 Å². The Morgan fingerprint density at radius 3 is 1.76 bits per heavy atom. The number of aliphatic carboxylic acids is 3. The van der Waals surface area contributed by atoms with Crippen molar-refractivity contribution in [3.05, 3.63) is 0 Å². The van der Waals surface area contributed by atoms with Gasteiger partial charge in [0.2, 0.25) is 17.7 Å². The Bertz CT molecular complexity index is 757. The zero-order chi connectivity index (χ0) is 26.6. The Kier molecular flexibility index (Phi) is 13.4. The van der Waals surface area contributed by atoms with Gasteiger partial charge in [-0.3, -0.25) is 24.0 Å². The van der Waals surface area contributed by atoms with Crippen LogP contribution in [-0.4, -0.2) is 75.1 Å². The largest absolute Gasteiger partial charge is 0.481 e. The minimum atomic E-state index is -1.40. The van der Waals surface area contributed by atoms with E-state index < -0.39 is 78.6 Å². The first-order valence-corrected chi connectivity index (χ1v) is 11.0. The SMILES string of the molecule is CCC(C)C(NC(=O)C(CCC(=O)O)NC(=O)C(CC(C)C)NC(=O)C(N)CC(=O)O)C(=O)O. The van der Waals surface area contributed by atoms with Crippen molar-refractivity contribution in [3.8, 4) is 0 Å². The summed E-state index contributed by atoms with van der Waals surface area (Å²) < 4.78 is 0. The summed E-state index contributed by atoms with van der Waals surface area (Å²) in [5.41, 5.74) is 5.54. The minimum Gasteiger partial charge on any atom is -0.481 e. The van der Waals surface area contributed by atoms with Crippen LogP contribution in [0.4, 0.5) is 0 Å². The lowest BCUT2D eigenvalue weighted by atomic mass is 9.98. The lowest BCUT2D eigenvalue weighted by molar-refractivity contribution is -0.144. The summed E-state index contributed by atoms with van der Waals surface area (Å²) in [4.78, 5) is 71.3. The molecule has 0 aromatic carbocycles. The number of carbonyl (C=O) groups is 6. The summed E-state index contributed by atoms with van der Waals surface area (Å²) in [5, 5.41) is 34.3. The molecule has 0 spiro atoms. The van der Waals surface area contributed by atoms with E-state index in [1.807, 2.05) is 0 Å². The standard InChI is InChI=1S/C21H36N4O9/c1-5-11(4)17(21(33)34)25-19(31)13(6-7-15(26)27)23-20(32)14(8-10(2)3)24-18(30)12(22)9-16(28)29/h10-14,17H,5-9,22H2,1-4H3,(H,23,32)(H,24,30)(H,25,31)(H,26,27)(H,28,29)(H,33,34). The van der Waals surface area contributed by atoms with Gasteiger partial charge in [0.25, 0.3) is 0 Å². The fourth-order valence-corrected chi connectivity index (χ4v) is 3.01. The van der Waals surface area contributed by atoms with Gasteiger partial charge in [-0.25, -0.2) is 4.79 Å². The quantitative estimate of drug-likeness (QED) is 0.144. The molecule has 13 nitrogen and oxygen atoms in total. The van der Waals surface area contributed by atoms with Crippen LogP contribution in [0.5, 0.6) is 0 Å². The molecule has 0 bridgehead atoms. The second-order valence-corrected chi connectivity index (χ2v) is 8.60. The van der Waals surface area contributed by atoms with Crippen molar-refractivity contribution in [1.82, 2.24) is 16.0 Å². The number of carboxylic acid groups (broad SMARTS) is 3. The van der Waals surface area contributed by atoms with Gasteiger partial charge in [0.1, 0.15) is 18.1 Å². The molecule has 34 heavy (non-hydrogen) atoms. The van der Waals surface area contributed by atoms with Crippen LogP contribution < -0.4 is 21.7 Å². The van der Waals surface area contributed by atoms with Crippen molar-refractivity contribution in [1.29, 1.82) is 0 Å². The van der Waals surface area contributed by atoms with Crippen LogP contribution in [0.15, 0.2) is 0 Å². The van der Waals surface area contributed by atoms with Gasteiger partial charge in [-0.05, 0) is 24.7 Å². The molecule has 5 atom stereocenters. The van der Waals surface area contributed by atoms with Crippen LogP contribution >= 0.6 is 0 Å². The Labute approximate surface area is 197 Å². The van der Waals surface area contributed by atoms with Crippen molar-refractivity contribution in [2.24, 2.45) is 17.6 Å². The Balaban J connectivity index is 5.63. The summed E-state index contributed by atoms with van der Waals surface area (Å²) in [6.07, 6.45) is -0.889. The van der Waals surface area contributed by atoms with Gasteiger partial charge in [-0.15, -0.1) is 0 Å². The normalized spacial score (nSPS) is 15.4. The maximum Gasteiger partial charge on any atom is 0.326 e. The number of amides is 3. The molecule has 194 valence electrons. The highest BCUT2D eigenvalue weighted by molar-refractivity contribution is 5.94. The Hall–Kier alpha value is -3.22. The number of carbonyl (C=O) groups excluding carboxylic acids is 3. The first kappa shape index (κ1) is 30.8. The van der Waals surface area contributed by atoms with E-state index in [-0.39, 0.29) is 18.8 Å². The highest BCUT2D eigenvalue weighted by Crippen LogP contribution is 2.11. The molecule has 0 radical (unpaired) electrons. The predicted octanol–water partition coefficient (Wildman–Crippen LogP) is -0.716. The molecule has 8 N–H and O–H groups in total. The van der Waals surface area contributed by atoms with Crippen LogP contribution in [0.2, 0.25) is 0 Å². The molecule has 0 saturated carbocycles. The molecule has 0 aromatic heterocycles. The van der Waals surface area contributed by atoms with Crippen LogP contribution in [0.3, 0.4) is 0 Å². The first-order valence-electron chi connectivity index (χ1n) is 11.0. The highest BCUT2D eigenvalue weighted by Gasteiger charge is 2.32. The van der Waals surface area contributed by atoms with Crippen molar-refractivity contribution >= 4 is 35.6 Å². The van der Waals surface area contributed by atoms with Crippen molar-refractivity contribution in [2.75, 3.05) is 0 Å². The summed E-state index contributed by atoms with van der Waals surface area (Å²) in [7, 11) is 0. The average Bonchev–Trinajstić information content (AvgIpc) is 2.72. The molecule has 5 unspecified atom stereocenters. The Morgan fingerprint density at radius 2 is 1.32 bits per heavy atom. The Morgan fingerprint density at radius 1 is 0.794 bits per heavy atom. The van der Waals surface area contributed by atoms with Gasteiger partial charge in [0, 0.05) is 6.42 Å². The van der Waals surface area contributed by atoms with Crippen molar-refractivity contribution in [2.45, 2.75) is 84.0 Å². The molecule has 13 heteroatoms. The van der Waals surface area contributed by atoms with Crippen molar-refractivity contribution < 1.29 is 44.1 Å². The van der Waals surface area contributed by atoms with Gasteiger partial charge in [-0.1, -0.05) is 34.1 Å². The second kappa shape index (κ2) is 14.8. The molecule has 3 amide bonds. The number of nitrogens with one attached hydrogen (secondary N) is 3. The highest BCUT2D eigenvalue weighted by atomic mass is 16.4. The van der Waals surface area contributed by atoms with Crippen LogP contribution in [0, 0.1) is 11.8 Å². The molecule has 0 heterocycles. The number of hydrogen-bond donors (Lipinski definition) is 7. The molecule has 0 aliphatic rings. The van der Waals surface area contributed by atoms with Gasteiger partial charge >= 0.3 is 17.9 Å². The first-order chi connectivity index (χ1) is 15.7. The summed E-state index contributed by atoms with van der Waals surface area (Å²) in [6.45, 7) is 6.90. The van der Waals surface area contributed by atoms with Gasteiger partial charge in [0.15, 0.2) is 0 Å². The molecular formula is C21H36N4O9. The van der Waals surface area contributed by atoms with E-state index in [4.69, 9.17) is 15.9 Å².